The molecule has 0 unspecified atom stereocenters. The molecular formula is C13H12N2O2. The second kappa shape index (κ2) is 5.12. The maximum absolute atomic E-state index is 8.46. The molecule has 0 aliphatic carbocycles. The van der Waals surface area contributed by atoms with Gasteiger partial charge in [-0.15, -0.1) is 0 Å². The van der Waals surface area contributed by atoms with E-state index in [0.29, 0.717) is 5.88 Å². The minimum absolute atomic E-state index is 0.517. The Bertz CT molecular complexity index is 524. The molecule has 86 valence electrons. The summed E-state index contributed by atoms with van der Waals surface area (Å²) in [6.45, 7) is 1.90. The molecular weight excluding hydrogens is 216 g/mol. The standard InChI is InChI=1S/C13H12N2O2/c1-10-7-13(14-8-11(10)9-15-16)17-12-5-3-2-4-6-12/h2-9,16H,1H3/b15-9+. The largest absolute Gasteiger partial charge is 0.439 e. The van der Waals surface area contributed by atoms with Gasteiger partial charge in [-0.25, -0.2) is 4.98 Å². The van der Waals surface area contributed by atoms with Gasteiger partial charge in [0.1, 0.15) is 5.75 Å². The fourth-order valence-electron chi connectivity index (χ4n) is 1.40. The van der Waals surface area contributed by atoms with Crippen LogP contribution in [0.15, 0.2) is 47.8 Å². The summed E-state index contributed by atoms with van der Waals surface area (Å²) in [5.41, 5.74) is 1.69. The lowest BCUT2D eigenvalue weighted by molar-refractivity contribution is 0.322. The van der Waals surface area contributed by atoms with Crippen molar-refractivity contribution in [3.63, 3.8) is 0 Å². The number of para-hydroxylation sites is 1. The summed E-state index contributed by atoms with van der Waals surface area (Å²) in [6, 6.07) is 11.2. The molecule has 0 aliphatic rings. The maximum Gasteiger partial charge on any atom is 0.219 e. The number of pyridine rings is 1. The number of rotatable bonds is 3. The molecule has 1 aromatic carbocycles. The molecule has 4 heteroatoms. The van der Waals surface area contributed by atoms with Crippen molar-refractivity contribution in [2.24, 2.45) is 5.16 Å². The van der Waals surface area contributed by atoms with Crippen LogP contribution in [0.5, 0.6) is 11.6 Å². The number of hydrogen-bond donors (Lipinski definition) is 1. The van der Waals surface area contributed by atoms with Gasteiger partial charge in [0.15, 0.2) is 0 Å². The van der Waals surface area contributed by atoms with Gasteiger partial charge < -0.3 is 9.94 Å². The summed E-state index contributed by atoms with van der Waals surface area (Å²) in [5.74, 6) is 1.26. The van der Waals surface area contributed by atoms with Crippen LogP contribution in [-0.4, -0.2) is 16.4 Å². The van der Waals surface area contributed by atoms with Crippen LogP contribution in [0.1, 0.15) is 11.1 Å². The molecule has 2 aromatic rings. The molecule has 0 saturated heterocycles. The lowest BCUT2D eigenvalue weighted by Gasteiger charge is -2.06. The third-order valence-corrected chi connectivity index (χ3v) is 2.29. The van der Waals surface area contributed by atoms with Crippen LogP contribution < -0.4 is 4.74 Å². The highest BCUT2D eigenvalue weighted by Gasteiger charge is 2.01. The van der Waals surface area contributed by atoms with Crippen LogP contribution in [-0.2, 0) is 0 Å². The average molecular weight is 228 g/mol. The maximum atomic E-state index is 8.46. The van der Waals surface area contributed by atoms with E-state index in [4.69, 9.17) is 9.94 Å². The molecule has 2 rings (SSSR count). The Balaban J connectivity index is 2.21. The van der Waals surface area contributed by atoms with Gasteiger partial charge in [0.25, 0.3) is 0 Å². The second-order valence-corrected chi connectivity index (χ2v) is 3.54. The number of hydrogen-bond acceptors (Lipinski definition) is 4. The third-order valence-electron chi connectivity index (χ3n) is 2.29. The molecule has 1 N–H and O–H groups in total. The first-order valence-corrected chi connectivity index (χ1v) is 5.16. The number of oxime groups is 1. The number of aromatic nitrogens is 1. The van der Waals surface area contributed by atoms with E-state index in [1.165, 1.54) is 6.21 Å². The SMILES string of the molecule is Cc1cc(Oc2ccccc2)ncc1/C=N/O. The number of ether oxygens (including phenoxy) is 1. The van der Waals surface area contributed by atoms with Gasteiger partial charge in [-0.05, 0) is 24.6 Å². The molecule has 0 atom stereocenters. The van der Waals surface area contributed by atoms with E-state index in [9.17, 15) is 0 Å². The van der Waals surface area contributed by atoms with Crippen LogP contribution in [0.25, 0.3) is 0 Å². The average Bonchev–Trinajstić information content (AvgIpc) is 2.34. The molecule has 17 heavy (non-hydrogen) atoms. The molecule has 1 aromatic heterocycles. The van der Waals surface area contributed by atoms with Crippen molar-refractivity contribution < 1.29 is 9.94 Å². The van der Waals surface area contributed by atoms with Gasteiger partial charge in [-0.3, -0.25) is 0 Å². The zero-order valence-electron chi connectivity index (χ0n) is 9.37. The summed E-state index contributed by atoms with van der Waals surface area (Å²) in [5, 5.41) is 11.4. The van der Waals surface area contributed by atoms with E-state index in [-0.39, 0.29) is 0 Å². The minimum Gasteiger partial charge on any atom is -0.439 e. The predicted molar refractivity (Wildman–Crippen MR) is 64.9 cm³/mol. The van der Waals surface area contributed by atoms with Crippen LogP contribution in [0.3, 0.4) is 0 Å². The number of aryl methyl sites for hydroxylation is 1. The Kier molecular flexibility index (Phi) is 3.35. The Hall–Kier alpha value is -2.36. The van der Waals surface area contributed by atoms with Gasteiger partial charge in [0.05, 0.1) is 6.21 Å². The van der Waals surface area contributed by atoms with E-state index in [1.807, 2.05) is 37.3 Å². The molecule has 0 aliphatic heterocycles. The van der Waals surface area contributed by atoms with Gasteiger partial charge in [0.2, 0.25) is 5.88 Å². The quantitative estimate of drug-likeness (QED) is 0.499. The Morgan fingerprint density at radius 3 is 2.71 bits per heavy atom. The van der Waals surface area contributed by atoms with E-state index >= 15 is 0 Å². The lowest BCUT2D eigenvalue weighted by Crippen LogP contribution is -1.93. The van der Waals surface area contributed by atoms with Crippen molar-refractivity contribution in [2.45, 2.75) is 6.92 Å². The van der Waals surface area contributed by atoms with Crippen molar-refractivity contribution in [3.05, 3.63) is 53.7 Å². The van der Waals surface area contributed by atoms with E-state index in [1.54, 1.807) is 12.3 Å². The van der Waals surface area contributed by atoms with Gasteiger partial charge in [-0.2, -0.15) is 0 Å². The monoisotopic (exact) mass is 228 g/mol. The van der Waals surface area contributed by atoms with E-state index in [0.717, 1.165) is 16.9 Å². The Morgan fingerprint density at radius 1 is 1.29 bits per heavy atom. The first-order valence-electron chi connectivity index (χ1n) is 5.16. The summed E-state index contributed by atoms with van der Waals surface area (Å²) >= 11 is 0. The van der Waals surface area contributed by atoms with Crippen molar-refractivity contribution in [1.29, 1.82) is 0 Å². The number of benzene rings is 1. The fraction of sp³-hybridized carbons (Fsp3) is 0.0769. The highest BCUT2D eigenvalue weighted by molar-refractivity contribution is 5.80. The van der Waals surface area contributed by atoms with E-state index in [2.05, 4.69) is 10.1 Å². The second-order valence-electron chi connectivity index (χ2n) is 3.54. The number of nitrogens with zero attached hydrogens (tertiary/aromatic N) is 2. The van der Waals surface area contributed by atoms with Crippen molar-refractivity contribution in [2.75, 3.05) is 0 Å². The third kappa shape index (κ3) is 2.81. The molecule has 0 fully saturated rings. The van der Waals surface area contributed by atoms with Crippen molar-refractivity contribution in [1.82, 2.24) is 4.98 Å². The van der Waals surface area contributed by atoms with Crippen molar-refractivity contribution >= 4 is 6.21 Å². The van der Waals surface area contributed by atoms with Gasteiger partial charge in [-0.1, -0.05) is 23.4 Å². The minimum atomic E-state index is 0.517. The topological polar surface area (TPSA) is 54.7 Å². The Labute approximate surface area is 99.2 Å². The van der Waals surface area contributed by atoms with Crippen LogP contribution in [0, 0.1) is 6.92 Å². The summed E-state index contributed by atoms with van der Waals surface area (Å²) < 4.78 is 5.57. The first kappa shape index (κ1) is 11.1. The normalized spacial score (nSPS) is 10.6. The highest BCUT2D eigenvalue weighted by atomic mass is 16.5. The Morgan fingerprint density at radius 2 is 2.06 bits per heavy atom. The molecule has 0 spiro atoms. The zero-order chi connectivity index (χ0) is 12.1. The van der Waals surface area contributed by atoms with Gasteiger partial charge in [0, 0.05) is 17.8 Å². The molecule has 4 nitrogen and oxygen atoms in total. The molecule has 0 radical (unpaired) electrons. The zero-order valence-corrected chi connectivity index (χ0v) is 9.37. The smallest absolute Gasteiger partial charge is 0.219 e. The van der Waals surface area contributed by atoms with Crippen LogP contribution >= 0.6 is 0 Å². The molecule has 1 heterocycles. The lowest BCUT2D eigenvalue weighted by atomic mass is 10.2. The van der Waals surface area contributed by atoms with Gasteiger partial charge >= 0.3 is 0 Å². The van der Waals surface area contributed by atoms with E-state index < -0.39 is 0 Å². The summed E-state index contributed by atoms with van der Waals surface area (Å²) in [4.78, 5) is 4.13. The molecule has 0 saturated carbocycles. The first-order chi connectivity index (χ1) is 8.29. The predicted octanol–water partition coefficient (Wildman–Crippen LogP) is 2.99. The molecule has 0 amide bonds. The summed E-state index contributed by atoms with van der Waals surface area (Å²) in [7, 11) is 0. The fourth-order valence-corrected chi connectivity index (χ4v) is 1.40. The highest BCUT2D eigenvalue weighted by Crippen LogP contribution is 2.20. The van der Waals surface area contributed by atoms with Crippen molar-refractivity contribution in [3.8, 4) is 11.6 Å². The van der Waals surface area contributed by atoms with Crippen LogP contribution in [0.2, 0.25) is 0 Å². The summed E-state index contributed by atoms with van der Waals surface area (Å²) in [6.07, 6.45) is 2.95. The van der Waals surface area contributed by atoms with Crippen LogP contribution in [0.4, 0.5) is 0 Å². The molecule has 0 bridgehead atoms.